The molecular formula is C14H19N5O. The van der Waals surface area contributed by atoms with E-state index in [2.05, 4.69) is 27.3 Å². The molecule has 1 saturated heterocycles. The molecule has 2 aromatic heterocycles. The molecule has 2 unspecified atom stereocenters. The molecule has 1 aliphatic rings. The van der Waals surface area contributed by atoms with Gasteiger partial charge in [-0.1, -0.05) is 0 Å². The van der Waals surface area contributed by atoms with Crippen molar-refractivity contribution in [3.8, 4) is 0 Å². The highest BCUT2D eigenvalue weighted by atomic mass is 16.5. The zero-order valence-electron chi connectivity index (χ0n) is 11.6. The molecule has 3 rings (SSSR count). The van der Waals surface area contributed by atoms with E-state index in [1.54, 1.807) is 18.6 Å². The normalized spacial score (nSPS) is 19.9. The molecule has 2 atom stereocenters. The lowest BCUT2D eigenvalue weighted by molar-refractivity contribution is 0.0940. The van der Waals surface area contributed by atoms with Crippen LogP contribution in [0.2, 0.25) is 0 Å². The zero-order chi connectivity index (χ0) is 13.8. The van der Waals surface area contributed by atoms with Crippen LogP contribution >= 0.6 is 0 Å². The van der Waals surface area contributed by atoms with Crippen molar-refractivity contribution in [3.63, 3.8) is 0 Å². The number of nitrogens with one attached hydrogen (secondary N) is 1. The lowest BCUT2D eigenvalue weighted by atomic mass is 10.2. The van der Waals surface area contributed by atoms with Gasteiger partial charge in [0.1, 0.15) is 0 Å². The van der Waals surface area contributed by atoms with Crippen molar-refractivity contribution >= 4 is 5.69 Å². The Bertz CT molecular complexity index is 536. The third kappa shape index (κ3) is 3.14. The van der Waals surface area contributed by atoms with Crippen molar-refractivity contribution in [1.29, 1.82) is 0 Å². The van der Waals surface area contributed by atoms with E-state index in [-0.39, 0.29) is 6.04 Å². The van der Waals surface area contributed by atoms with Gasteiger partial charge in [0.05, 0.1) is 42.5 Å². The van der Waals surface area contributed by atoms with Gasteiger partial charge in [-0.25, -0.2) is 0 Å². The van der Waals surface area contributed by atoms with E-state index >= 15 is 0 Å². The average molecular weight is 273 g/mol. The van der Waals surface area contributed by atoms with Gasteiger partial charge < -0.3 is 10.1 Å². The first-order chi connectivity index (χ1) is 9.81. The minimum atomic E-state index is 0.101. The monoisotopic (exact) mass is 273 g/mol. The Morgan fingerprint density at radius 3 is 3.15 bits per heavy atom. The Hall–Kier alpha value is -1.95. The number of nitrogens with zero attached hydrogens (tertiary/aromatic N) is 4. The quantitative estimate of drug-likeness (QED) is 0.903. The predicted molar refractivity (Wildman–Crippen MR) is 75.3 cm³/mol. The summed E-state index contributed by atoms with van der Waals surface area (Å²) in [5.41, 5.74) is 1.90. The topological polar surface area (TPSA) is 64.9 Å². The SMILES string of the molecule is CC(Nc1cnn(CC2CCCO2)c1)c1cnccn1. The molecule has 0 aromatic carbocycles. The molecule has 1 fully saturated rings. The van der Waals surface area contributed by atoms with Crippen LogP contribution in [-0.4, -0.2) is 32.5 Å². The lowest BCUT2D eigenvalue weighted by Crippen LogP contribution is -2.15. The third-order valence-electron chi connectivity index (χ3n) is 3.46. The van der Waals surface area contributed by atoms with Crippen LogP contribution in [-0.2, 0) is 11.3 Å². The fraction of sp³-hybridized carbons (Fsp3) is 0.500. The van der Waals surface area contributed by atoms with Crippen LogP contribution in [0.1, 0.15) is 31.5 Å². The number of hydrogen-bond acceptors (Lipinski definition) is 5. The van der Waals surface area contributed by atoms with Crippen molar-refractivity contribution in [2.45, 2.75) is 38.5 Å². The van der Waals surface area contributed by atoms with Gasteiger partial charge >= 0.3 is 0 Å². The van der Waals surface area contributed by atoms with Crippen molar-refractivity contribution < 1.29 is 4.74 Å². The molecule has 1 N–H and O–H groups in total. The predicted octanol–water partition coefficient (Wildman–Crippen LogP) is 2.03. The smallest absolute Gasteiger partial charge is 0.0806 e. The number of hydrogen-bond donors (Lipinski definition) is 1. The Labute approximate surface area is 118 Å². The first-order valence-corrected chi connectivity index (χ1v) is 6.98. The van der Waals surface area contributed by atoms with Crippen LogP contribution in [0.25, 0.3) is 0 Å². The molecule has 0 saturated carbocycles. The van der Waals surface area contributed by atoms with Crippen molar-refractivity contribution in [3.05, 3.63) is 36.7 Å². The minimum absolute atomic E-state index is 0.101. The molecule has 0 radical (unpaired) electrons. The molecule has 0 spiro atoms. The molecule has 20 heavy (non-hydrogen) atoms. The van der Waals surface area contributed by atoms with Crippen LogP contribution in [0.5, 0.6) is 0 Å². The summed E-state index contributed by atoms with van der Waals surface area (Å²) in [6, 6.07) is 0.101. The minimum Gasteiger partial charge on any atom is -0.376 e. The second-order valence-corrected chi connectivity index (χ2v) is 5.08. The summed E-state index contributed by atoms with van der Waals surface area (Å²) < 4.78 is 7.55. The van der Waals surface area contributed by atoms with Crippen LogP contribution in [0.3, 0.4) is 0 Å². The third-order valence-corrected chi connectivity index (χ3v) is 3.46. The summed E-state index contributed by atoms with van der Waals surface area (Å²) in [4.78, 5) is 8.37. The van der Waals surface area contributed by atoms with Crippen LogP contribution in [0.4, 0.5) is 5.69 Å². The van der Waals surface area contributed by atoms with Gasteiger partial charge in [-0.05, 0) is 19.8 Å². The number of anilines is 1. The Morgan fingerprint density at radius 2 is 2.40 bits per heavy atom. The van der Waals surface area contributed by atoms with Gasteiger partial charge in [0, 0.05) is 25.2 Å². The maximum absolute atomic E-state index is 5.62. The van der Waals surface area contributed by atoms with E-state index in [0.717, 1.165) is 37.4 Å². The van der Waals surface area contributed by atoms with Gasteiger partial charge in [0.25, 0.3) is 0 Å². The maximum atomic E-state index is 5.62. The van der Waals surface area contributed by atoms with Gasteiger partial charge in [-0.2, -0.15) is 5.10 Å². The highest BCUT2D eigenvalue weighted by Crippen LogP contribution is 2.18. The number of rotatable bonds is 5. The second kappa shape index (κ2) is 6.00. The first kappa shape index (κ1) is 13.1. The Balaban J connectivity index is 1.59. The molecule has 0 aliphatic carbocycles. The average Bonchev–Trinajstić information content (AvgIpc) is 3.12. The summed E-state index contributed by atoms with van der Waals surface area (Å²) in [5.74, 6) is 0. The van der Waals surface area contributed by atoms with Gasteiger partial charge in [0.15, 0.2) is 0 Å². The largest absolute Gasteiger partial charge is 0.376 e. The van der Waals surface area contributed by atoms with Gasteiger partial charge in [0.2, 0.25) is 0 Å². The van der Waals surface area contributed by atoms with E-state index in [4.69, 9.17) is 4.74 Å². The standard InChI is InChI=1S/C14H19N5O/c1-11(14-8-15-4-5-16-14)18-12-7-17-19(9-12)10-13-3-2-6-20-13/h4-5,7-9,11,13,18H,2-3,6,10H2,1H3. The lowest BCUT2D eigenvalue weighted by Gasteiger charge is -2.12. The molecule has 1 aliphatic heterocycles. The highest BCUT2D eigenvalue weighted by Gasteiger charge is 2.16. The second-order valence-electron chi connectivity index (χ2n) is 5.08. The molecule has 106 valence electrons. The summed E-state index contributed by atoms with van der Waals surface area (Å²) >= 11 is 0. The zero-order valence-corrected chi connectivity index (χ0v) is 11.6. The van der Waals surface area contributed by atoms with E-state index in [1.807, 2.05) is 17.1 Å². The fourth-order valence-corrected chi connectivity index (χ4v) is 2.39. The Kier molecular flexibility index (Phi) is 3.92. The van der Waals surface area contributed by atoms with Crippen molar-refractivity contribution in [2.24, 2.45) is 0 Å². The summed E-state index contributed by atoms with van der Waals surface area (Å²) in [7, 11) is 0. The fourth-order valence-electron chi connectivity index (χ4n) is 2.39. The van der Waals surface area contributed by atoms with Crippen LogP contribution < -0.4 is 5.32 Å². The summed E-state index contributed by atoms with van der Waals surface area (Å²) in [6.45, 7) is 3.75. The molecule has 2 aromatic rings. The molecule has 3 heterocycles. The molecule has 0 bridgehead atoms. The van der Waals surface area contributed by atoms with Crippen LogP contribution in [0.15, 0.2) is 31.0 Å². The van der Waals surface area contributed by atoms with E-state index < -0.39 is 0 Å². The van der Waals surface area contributed by atoms with Crippen molar-refractivity contribution in [1.82, 2.24) is 19.7 Å². The molecular weight excluding hydrogens is 254 g/mol. The van der Waals surface area contributed by atoms with E-state index in [1.165, 1.54) is 0 Å². The van der Waals surface area contributed by atoms with Gasteiger partial charge in [-0.3, -0.25) is 14.6 Å². The van der Waals surface area contributed by atoms with E-state index in [0.29, 0.717) is 6.10 Å². The summed E-state index contributed by atoms with van der Waals surface area (Å²) in [5, 5.41) is 7.74. The highest BCUT2D eigenvalue weighted by molar-refractivity contribution is 5.40. The van der Waals surface area contributed by atoms with Gasteiger partial charge in [-0.15, -0.1) is 0 Å². The number of aromatic nitrogens is 4. The molecule has 6 heteroatoms. The molecule has 0 amide bonds. The Morgan fingerprint density at radius 1 is 1.45 bits per heavy atom. The van der Waals surface area contributed by atoms with Crippen molar-refractivity contribution in [2.75, 3.05) is 11.9 Å². The van der Waals surface area contributed by atoms with E-state index in [9.17, 15) is 0 Å². The van der Waals surface area contributed by atoms with Crippen LogP contribution in [0, 0.1) is 0 Å². The molecule has 6 nitrogen and oxygen atoms in total. The first-order valence-electron chi connectivity index (χ1n) is 6.98. The maximum Gasteiger partial charge on any atom is 0.0806 e. The summed E-state index contributed by atoms with van der Waals surface area (Å²) in [6.07, 6.45) is 11.6. The number of ether oxygens (including phenoxy) is 1.